The molecular weight excluding hydrogens is 212 g/mol. The number of amides is 4. The van der Waals surface area contributed by atoms with Crippen LogP contribution >= 0.6 is 0 Å². The lowest BCUT2D eigenvalue weighted by Crippen LogP contribution is -2.62. The van der Waals surface area contributed by atoms with Gasteiger partial charge in [0.05, 0.1) is 0 Å². The molecule has 0 radical (unpaired) electrons. The number of urea groups is 1. The number of aldehydes is 1. The highest BCUT2D eigenvalue weighted by Crippen LogP contribution is 2.30. The van der Waals surface area contributed by atoms with Crippen LogP contribution in [0, 0.1) is 5.41 Å². The van der Waals surface area contributed by atoms with Gasteiger partial charge in [0.15, 0.2) is 0 Å². The SMILES string of the molecule is C=CCC1(CCC=O)C(=O)NC(=O)NC1=O. The highest BCUT2D eigenvalue weighted by molar-refractivity contribution is 6.19. The predicted molar refractivity (Wildman–Crippen MR) is 54.2 cm³/mol. The number of imide groups is 2. The Kier molecular flexibility index (Phi) is 3.55. The molecule has 1 aliphatic rings. The molecule has 6 nitrogen and oxygen atoms in total. The number of nitrogens with one attached hydrogen (secondary N) is 2. The van der Waals surface area contributed by atoms with Crippen LogP contribution in [0.4, 0.5) is 4.79 Å². The molecule has 0 saturated carbocycles. The molecule has 0 aliphatic carbocycles. The van der Waals surface area contributed by atoms with Crippen molar-refractivity contribution in [3.8, 4) is 0 Å². The molecule has 0 atom stereocenters. The molecule has 6 heteroatoms. The molecule has 0 aromatic rings. The van der Waals surface area contributed by atoms with Crippen molar-refractivity contribution in [3.05, 3.63) is 12.7 Å². The Labute approximate surface area is 92.1 Å². The third-order valence-corrected chi connectivity index (χ3v) is 2.51. The lowest BCUT2D eigenvalue weighted by molar-refractivity contribution is -0.144. The number of hydrogen-bond donors (Lipinski definition) is 2. The number of carbonyl (C=O) groups excluding carboxylic acids is 4. The summed E-state index contributed by atoms with van der Waals surface area (Å²) in [7, 11) is 0. The Morgan fingerprint density at radius 2 is 1.75 bits per heavy atom. The fraction of sp³-hybridized carbons (Fsp3) is 0.400. The van der Waals surface area contributed by atoms with Gasteiger partial charge in [0.25, 0.3) is 0 Å². The van der Waals surface area contributed by atoms with E-state index < -0.39 is 23.3 Å². The van der Waals surface area contributed by atoms with Crippen LogP contribution in [0.1, 0.15) is 19.3 Å². The van der Waals surface area contributed by atoms with E-state index in [2.05, 4.69) is 6.58 Å². The Bertz CT molecular complexity index is 342. The van der Waals surface area contributed by atoms with Gasteiger partial charge in [-0.3, -0.25) is 20.2 Å². The maximum absolute atomic E-state index is 11.7. The topological polar surface area (TPSA) is 92.3 Å². The molecule has 16 heavy (non-hydrogen) atoms. The molecule has 1 aliphatic heterocycles. The van der Waals surface area contributed by atoms with E-state index >= 15 is 0 Å². The second kappa shape index (κ2) is 4.69. The van der Waals surface area contributed by atoms with E-state index in [0.717, 1.165) is 0 Å². The van der Waals surface area contributed by atoms with Gasteiger partial charge in [-0.2, -0.15) is 0 Å². The molecular formula is C10H12N2O4. The molecule has 0 aromatic carbocycles. The van der Waals surface area contributed by atoms with Crippen molar-refractivity contribution in [2.45, 2.75) is 19.3 Å². The molecule has 1 heterocycles. The van der Waals surface area contributed by atoms with Crippen LogP contribution in [0.3, 0.4) is 0 Å². The smallest absolute Gasteiger partial charge is 0.303 e. The summed E-state index contributed by atoms with van der Waals surface area (Å²) in [6, 6.07) is -0.833. The highest BCUT2D eigenvalue weighted by atomic mass is 16.2. The average molecular weight is 224 g/mol. The molecule has 1 fully saturated rings. The van der Waals surface area contributed by atoms with Gasteiger partial charge in [-0.25, -0.2) is 4.79 Å². The monoisotopic (exact) mass is 224 g/mol. The lowest BCUT2D eigenvalue weighted by atomic mass is 9.77. The van der Waals surface area contributed by atoms with Gasteiger partial charge in [0.2, 0.25) is 11.8 Å². The van der Waals surface area contributed by atoms with Crippen LogP contribution in [0.15, 0.2) is 12.7 Å². The van der Waals surface area contributed by atoms with Gasteiger partial charge in [-0.15, -0.1) is 6.58 Å². The quantitative estimate of drug-likeness (QED) is 0.387. The average Bonchev–Trinajstić information content (AvgIpc) is 2.22. The van der Waals surface area contributed by atoms with Crippen molar-refractivity contribution in [1.82, 2.24) is 10.6 Å². The van der Waals surface area contributed by atoms with Crippen LogP contribution in [-0.4, -0.2) is 24.1 Å². The van der Waals surface area contributed by atoms with Gasteiger partial charge >= 0.3 is 6.03 Å². The second-order valence-corrected chi connectivity index (χ2v) is 3.52. The molecule has 86 valence electrons. The van der Waals surface area contributed by atoms with Crippen LogP contribution in [0.2, 0.25) is 0 Å². The molecule has 2 N–H and O–H groups in total. The molecule has 0 unspecified atom stereocenters. The fourth-order valence-electron chi connectivity index (χ4n) is 1.65. The van der Waals surface area contributed by atoms with Gasteiger partial charge < -0.3 is 4.79 Å². The first-order valence-corrected chi connectivity index (χ1v) is 4.78. The first kappa shape index (κ1) is 12.1. The van der Waals surface area contributed by atoms with Crippen molar-refractivity contribution in [1.29, 1.82) is 0 Å². The maximum atomic E-state index is 11.7. The molecule has 0 aromatic heterocycles. The van der Waals surface area contributed by atoms with Gasteiger partial charge in [-0.05, 0) is 12.8 Å². The summed E-state index contributed by atoms with van der Waals surface area (Å²) >= 11 is 0. The van der Waals surface area contributed by atoms with Gasteiger partial charge in [0.1, 0.15) is 11.7 Å². The Morgan fingerprint density at radius 3 is 2.19 bits per heavy atom. The molecule has 4 amide bonds. The van der Waals surface area contributed by atoms with E-state index in [9.17, 15) is 19.2 Å². The second-order valence-electron chi connectivity index (χ2n) is 3.52. The van der Waals surface area contributed by atoms with Crippen molar-refractivity contribution in [2.24, 2.45) is 5.41 Å². The van der Waals surface area contributed by atoms with E-state index in [1.807, 2.05) is 10.6 Å². The standard InChI is InChI=1S/C10H12N2O4/c1-2-4-10(5-3-6-13)7(14)11-9(16)12-8(10)15/h2,6H,1,3-5H2,(H2,11,12,14,15,16). The van der Waals surface area contributed by atoms with E-state index in [-0.39, 0.29) is 19.3 Å². The summed E-state index contributed by atoms with van der Waals surface area (Å²) in [6.45, 7) is 3.46. The summed E-state index contributed by atoms with van der Waals surface area (Å²) in [4.78, 5) is 44.6. The normalized spacial score (nSPS) is 18.6. The summed E-state index contributed by atoms with van der Waals surface area (Å²) in [5.74, 6) is -1.36. The molecule has 1 saturated heterocycles. The largest absolute Gasteiger partial charge is 0.328 e. The van der Waals surface area contributed by atoms with Crippen molar-refractivity contribution in [2.75, 3.05) is 0 Å². The third-order valence-electron chi connectivity index (χ3n) is 2.51. The predicted octanol–water partition coefficient (Wildman–Crippen LogP) is -0.106. The summed E-state index contributed by atoms with van der Waals surface area (Å²) in [5.41, 5.74) is -1.39. The molecule has 0 spiro atoms. The number of rotatable bonds is 5. The highest BCUT2D eigenvalue weighted by Gasteiger charge is 2.48. The zero-order valence-corrected chi connectivity index (χ0v) is 8.62. The minimum absolute atomic E-state index is 0.0630. The van der Waals surface area contributed by atoms with E-state index in [4.69, 9.17) is 0 Å². The minimum atomic E-state index is -1.39. The zero-order chi connectivity index (χ0) is 12.2. The molecule has 1 rings (SSSR count). The lowest BCUT2D eigenvalue weighted by Gasteiger charge is -2.32. The first-order valence-electron chi connectivity index (χ1n) is 4.78. The number of carbonyl (C=O) groups is 4. The number of barbiturate groups is 1. The summed E-state index contributed by atoms with van der Waals surface area (Å²) in [6.07, 6.45) is 2.27. The van der Waals surface area contributed by atoms with E-state index in [1.165, 1.54) is 6.08 Å². The maximum Gasteiger partial charge on any atom is 0.328 e. The zero-order valence-electron chi connectivity index (χ0n) is 8.62. The summed E-state index contributed by atoms with van der Waals surface area (Å²) in [5, 5.41) is 4.04. The van der Waals surface area contributed by atoms with Crippen LogP contribution < -0.4 is 10.6 Å². The van der Waals surface area contributed by atoms with E-state index in [0.29, 0.717) is 6.29 Å². The fourth-order valence-corrected chi connectivity index (χ4v) is 1.65. The Morgan fingerprint density at radius 1 is 1.19 bits per heavy atom. The van der Waals surface area contributed by atoms with Gasteiger partial charge in [-0.1, -0.05) is 6.08 Å². The third kappa shape index (κ3) is 2.00. The van der Waals surface area contributed by atoms with Crippen molar-refractivity contribution >= 4 is 24.1 Å². The van der Waals surface area contributed by atoms with Crippen molar-refractivity contribution < 1.29 is 19.2 Å². The Hall–Kier alpha value is -1.98. The van der Waals surface area contributed by atoms with Crippen LogP contribution in [-0.2, 0) is 14.4 Å². The number of allylic oxidation sites excluding steroid dienone is 1. The minimum Gasteiger partial charge on any atom is -0.303 e. The number of hydrogen-bond acceptors (Lipinski definition) is 4. The summed E-state index contributed by atoms with van der Waals surface area (Å²) < 4.78 is 0. The molecule has 0 bridgehead atoms. The Balaban J connectivity index is 3.00. The van der Waals surface area contributed by atoms with Gasteiger partial charge in [0, 0.05) is 6.42 Å². The van der Waals surface area contributed by atoms with Crippen LogP contribution in [0.25, 0.3) is 0 Å². The first-order chi connectivity index (χ1) is 7.56. The van der Waals surface area contributed by atoms with Crippen LogP contribution in [0.5, 0.6) is 0 Å². The van der Waals surface area contributed by atoms with E-state index in [1.54, 1.807) is 0 Å². The van der Waals surface area contributed by atoms with Crippen molar-refractivity contribution in [3.63, 3.8) is 0 Å².